The lowest BCUT2D eigenvalue weighted by Crippen LogP contribution is -2.48. The Morgan fingerprint density at radius 3 is 2.82 bits per heavy atom. The molecule has 0 bridgehead atoms. The Balaban J connectivity index is 1.89. The van der Waals surface area contributed by atoms with E-state index in [0.29, 0.717) is 5.92 Å². The van der Waals surface area contributed by atoms with Gasteiger partial charge in [-0.2, -0.15) is 0 Å². The van der Waals surface area contributed by atoms with Crippen molar-refractivity contribution >= 4 is 5.91 Å². The smallest absolute Gasteiger partial charge is 0.240 e. The minimum Gasteiger partial charge on any atom is -0.376 e. The van der Waals surface area contributed by atoms with E-state index in [1.807, 2.05) is 11.8 Å². The van der Waals surface area contributed by atoms with Gasteiger partial charge in [-0.3, -0.25) is 4.79 Å². The van der Waals surface area contributed by atoms with Gasteiger partial charge < -0.3 is 15.0 Å². The molecule has 0 aromatic carbocycles. The van der Waals surface area contributed by atoms with Crippen molar-refractivity contribution in [2.75, 3.05) is 26.2 Å². The van der Waals surface area contributed by atoms with E-state index in [9.17, 15) is 4.79 Å². The first-order valence-electron chi connectivity index (χ1n) is 6.86. The summed E-state index contributed by atoms with van der Waals surface area (Å²) in [5.74, 6) is 0.717. The zero-order valence-corrected chi connectivity index (χ0v) is 10.9. The highest BCUT2D eigenvalue weighted by Gasteiger charge is 2.33. The van der Waals surface area contributed by atoms with Gasteiger partial charge in [-0.15, -0.1) is 0 Å². The fourth-order valence-electron chi connectivity index (χ4n) is 2.77. The predicted molar refractivity (Wildman–Crippen MR) is 66.8 cm³/mol. The first kappa shape index (κ1) is 12.8. The van der Waals surface area contributed by atoms with Crippen LogP contribution < -0.4 is 5.32 Å². The number of hydrogen-bond acceptors (Lipinski definition) is 3. The molecule has 0 radical (unpaired) electrons. The maximum absolute atomic E-state index is 12.4. The van der Waals surface area contributed by atoms with Crippen molar-refractivity contribution in [2.45, 2.75) is 45.3 Å². The zero-order valence-electron chi connectivity index (χ0n) is 10.9. The quantitative estimate of drug-likeness (QED) is 0.797. The van der Waals surface area contributed by atoms with Gasteiger partial charge in [0.1, 0.15) is 0 Å². The molecule has 0 spiro atoms. The van der Waals surface area contributed by atoms with Crippen LogP contribution in [0.25, 0.3) is 0 Å². The highest BCUT2D eigenvalue weighted by molar-refractivity contribution is 5.82. The van der Waals surface area contributed by atoms with E-state index >= 15 is 0 Å². The predicted octanol–water partition coefficient (Wildman–Crippen LogP) is 1.01. The molecule has 2 heterocycles. The lowest BCUT2D eigenvalue weighted by Gasteiger charge is -2.28. The Hall–Kier alpha value is -0.610. The second-order valence-corrected chi connectivity index (χ2v) is 5.21. The van der Waals surface area contributed by atoms with E-state index in [1.165, 1.54) is 0 Å². The van der Waals surface area contributed by atoms with Crippen LogP contribution in [0.5, 0.6) is 0 Å². The third kappa shape index (κ3) is 2.99. The number of carbonyl (C=O) groups is 1. The summed E-state index contributed by atoms with van der Waals surface area (Å²) >= 11 is 0. The van der Waals surface area contributed by atoms with Crippen LogP contribution in [0.2, 0.25) is 0 Å². The molecule has 3 atom stereocenters. The summed E-state index contributed by atoms with van der Waals surface area (Å²) in [5, 5.41) is 3.31. The molecular weight excluding hydrogens is 216 g/mol. The van der Waals surface area contributed by atoms with Gasteiger partial charge in [0.15, 0.2) is 0 Å². The molecule has 0 aromatic rings. The first-order valence-corrected chi connectivity index (χ1v) is 6.86. The van der Waals surface area contributed by atoms with Crippen molar-refractivity contribution in [2.24, 2.45) is 5.92 Å². The Bertz CT molecular complexity index is 264. The van der Waals surface area contributed by atoms with E-state index in [1.54, 1.807) is 0 Å². The summed E-state index contributed by atoms with van der Waals surface area (Å²) in [6.45, 7) is 7.57. The van der Waals surface area contributed by atoms with Gasteiger partial charge in [0, 0.05) is 19.7 Å². The number of nitrogens with zero attached hydrogens (tertiary/aromatic N) is 1. The summed E-state index contributed by atoms with van der Waals surface area (Å²) < 4.78 is 5.61. The standard InChI is InChI=1S/C13H24N2O2/c1-3-15(9-11-5-4-8-17-11)13(16)12-10(2)6-7-14-12/h10-12,14H,3-9H2,1-2H3. The SMILES string of the molecule is CCN(CC1CCCO1)C(=O)C1NCCC1C. The fourth-order valence-corrected chi connectivity index (χ4v) is 2.77. The lowest BCUT2D eigenvalue weighted by molar-refractivity contribution is -0.135. The largest absolute Gasteiger partial charge is 0.376 e. The van der Waals surface area contributed by atoms with Gasteiger partial charge in [-0.05, 0) is 38.6 Å². The van der Waals surface area contributed by atoms with Crippen molar-refractivity contribution in [3.05, 3.63) is 0 Å². The van der Waals surface area contributed by atoms with Crippen LogP contribution in [0.15, 0.2) is 0 Å². The van der Waals surface area contributed by atoms with Gasteiger partial charge in [-0.25, -0.2) is 0 Å². The maximum Gasteiger partial charge on any atom is 0.240 e. The Morgan fingerprint density at radius 1 is 1.47 bits per heavy atom. The summed E-state index contributed by atoms with van der Waals surface area (Å²) in [6, 6.07) is 0.0244. The Morgan fingerprint density at radius 2 is 2.29 bits per heavy atom. The molecule has 98 valence electrons. The number of carbonyl (C=O) groups excluding carboxylic acids is 1. The first-order chi connectivity index (χ1) is 8.22. The normalized spacial score (nSPS) is 32.9. The number of ether oxygens (including phenoxy) is 1. The molecule has 2 fully saturated rings. The third-order valence-corrected chi connectivity index (χ3v) is 3.94. The van der Waals surface area contributed by atoms with Crippen LogP contribution in [-0.4, -0.2) is 49.2 Å². The second kappa shape index (κ2) is 5.83. The Labute approximate surface area is 104 Å². The number of likely N-dealkylation sites (N-methyl/N-ethyl adjacent to an activating group) is 1. The van der Waals surface area contributed by atoms with Gasteiger partial charge in [0.2, 0.25) is 5.91 Å². The molecule has 1 amide bonds. The molecule has 4 nitrogen and oxygen atoms in total. The highest BCUT2D eigenvalue weighted by Crippen LogP contribution is 2.18. The molecule has 2 aliphatic heterocycles. The van der Waals surface area contributed by atoms with Crippen LogP contribution in [-0.2, 0) is 9.53 Å². The molecule has 4 heteroatoms. The van der Waals surface area contributed by atoms with E-state index in [2.05, 4.69) is 12.2 Å². The average molecular weight is 240 g/mol. The van der Waals surface area contributed by atoms with Crippen molar-refractivity contribution in [1.82, 2.24) is 10.2 Å². The molecule has 3 unspecified atom stereocenters. The lowest BCUT2D eigenvalue weighted by atomic mass is 10.0. The van der Waals surface area contributed by atoms with E-state index < -0.39 is 0 Å². The fraction of sp³-hybridized carbons (Fsp3) is 0.923. The highest BCUT2D eigenvalue weighted by atomic mass is 16.5. The molecule has 1 N–H and O–H groups in total. The van der Waals surface area contributed by atoms with Crippen LogP contribution in [0.1, 0.15) is 33.1 Å². The number of nitrogens with one attached hydrogen (secondary N) is 1. The maximum atomic E-state index is 12.4. The van der Waals surface area contributed by atoms with Crippen molar-refractivity contribution < 1.29 is 9.53 Å². The van der Waals surface area contributed by atoms with Crippen molar-refractivity contribution in [3.8, 4) is 0 Å². The molecule has 2 saturated heterocycles. The number of amides is 1. The van der Waals surface area contributed by atoms with Crippen LogP contribution in [0.4, 0.5) is 0 Å². The van der Waals surface area contributed by atoms with Crippen LogP contribution in [0.3, 0.4) is 0 Å². The summed E-state index contributed by atoms with van der Waals surface area (Å²) in [4.78, 5) is 14.3. The van der Waals surface area contributed by atoms with Gasteiger partial charge in [0.05, 0.1) is 12.1 Å². The van der Waals surface area contributed by atoms with Gasteiger partial charge in [-0.1, -0.05) is 6.92 Å². The molecule has 0 saturated carbocycles. The monoisotopic (exact) mass is 240 g/mol. The zero-order chi connectivity index (χ0) is 12.3. The third-order valence-electron chi connectivity index (χ3n) is 3.94. The Kier molecular flexibility index (Phi) is 4.40. The summed E-state index contributed by atoms with van der Waals surface area (Å²) in [7, 11) is 0. The minimum absolute atomic E-state index is 0.0244. The van der Waals surface area contributed by atoms with E-state index in [0.717, 1.165) is 45.5 Å². The molecule has 0 aromatic heterocycles. The summed E-state index contributed by atoms with van der Waals surface area (Å²) in [6.07, 6.45) is 3.59. The minimum atomic E-state index is 0.0244. The van der Waals surface area contributed by atoms with E-state index in [-0.39, 0.29) is 18.1 Å². The number of rotatable bonds is 4. The van der Waals surface area contributed by atoms with E-state index in [4.69, 9.17) is 4.74 Å². The van der Waals surface area contributed by atoms with Crippen molar-refractivity contribution in [3.63, 3.8) is 0 Å². The molecular formula is C13H24N2O2. The molecule has 17 heavy (non-hydrogen) atoms. The van der Waals surface area contributed by atoms with Crippen molar-refractivity contribution in [1.29, 1.82) is 0 Å². The van der Waals surface area contributed by atoms with Gasteiger partial charge >= 0.3 is 0 Å². The second-order valence-electron chi connectivity index (χ2n) is 5.21. The summed E-state index contributed by atoms with van der Waals surface area (Å²) in [5.41, 5.74) is 0. The molecule has 2 aliphatic rings. The molecule has 2 rings (SSSR count). The molecule has 0 aliphatic carbocycles. The number of hydrogen-bond donors (Lipinski definition) is 1. The average Bonchev–Trinajstić information content (AvgIpc) is 2.96. The van der Waals surface area contributed by atoms with Crippen LogP contribution in [0, 0.1) is 5.92 Å². The van der Waals surface area contributed by atoms with Crippen LogP contribution >= 0.6 is 0 Å². The van der Waals surface area contributed by atoms with Gasteiger partial charge in [0.25, 0.3) is 0 Å². The topological polar surface area (TPSA) is 41.6 Å².